The molecule has 0 heterocycles. The smallest absolute Gasteiger partial charge is 0.872 e. The van der Waals surface area contributed by atoms with Crippen LogP contribution in [0, 0.1) is 0 Å². The Balaban J connectivity index is 0.00000324. The molecule has 0 aliphatic carbocycles. The molecular formula is C29H24LiO3P. The number of ether oxygens (including phenoxy) is 1. The fourth-order valence-corrected chi connectivity index (χ4v) is 8.26. The van der Waals surface area contributed by atoms with Crippen LogP contribution in [0.1, 0.15) is 5.56 Å². The summed E-state index contributed by atoms with van der Waals surface area (Å²) in [6, 6.07) is 38.6. The fraction of sp³-hybridized carbons (Fsp3) is 0.0345. The van der Waals surface area contributed by atoms with E-state index in [1.165, 1.54) is 0 Å². The molecule has 34 heavy (non-hydrogen) atoms. The van der Waals surface area contributed by atoms with Crippen molar-refractivity contribution in [2.45, 2.75) is 6.61 Å². The van der Waals surface area contributed by atoms with E-state index in [0.29, 0.717) is 0 Å². The van der Waals surface area contributed by atoms with Crippen molar-refractivity contribution in [2.75, 3.05) is 0 Å². The Bertz CT molecular complexity index is 1190. The Morgan fingerprint density at radius 3 is 1.38 bits per heavy atom. The third-order valence-corrected chi connectivity index (χ3v) is 9.76. The summed E-state index contributed by atoms with van der Waals surface area (Å²) in [4.78, 5) is 13.6. The molecular weight excluding hydrogens is 434 g/mol. The molecule has 0 saturated heterocycles. The van der Waals surface area contributed by atoms with Gasteiger partial charge >= 0.3 is 24.8 Å². The van der Waals surface area contributed by atoms with Crippen molar-refractivity contribution in [3.05, 3.63) is 139 Å². The van der Waals surface area contributed by atoms with E-state index in [0.717, 1.165) is 21.5 Å². The predicted molar refractivity (Wildman–Crippen MR) is 136 cm³/mol. The van der Waals surface area contributed by atoms with Crippen LogP contribution in [0.3, 0.4) is 0 Å². The molecule has 164 valence electrons. The maximum absolute atomic E-state index is 13.6. The molecule has 0 aliphatic rings. The van der Waals surface area contributed by atoms with Gasteiger partial charge in [-0.15, -0.1) is 12.3 Å². The van der Waals surface area contributed by atoms with Crippen LogP contribution in [-0.4, -0.2) is 11.3 Å². The van der Waals surface area contributed by atoms with Gasteiger partial charge in [-0.1, -0.05) is 121 Å². The molecule has 0 spiro atoms. The van der Waals surface area contributed by atoms with Gasteiger partial charge in [0.2, 0.25) is 0 Å². The van der Waals surface area contributed by atoms with Gasteiger partial charge in [0.15, 0.2) is 0 Å². The first kappa shape index (κ1) is 25.4. The first-order chi connectivity index (χ1) is 16.1. The average molecular weight is 458 g/mol. The van der Waals surface area contributed by atoms with Crippen molar-refractivity contribution in [1.82, 2.24) is 0 Å². The Morgan fingerprint density at radius 1 is 0.676 bits per heavy atom. The van der Waals surface area contributed by atoms with Gasteiger partial charge in [0.25, 0.3) is 0 Å². The van der Waals surface area contributed by atoms with Gasteiger partial charge in [0.1, 0.15) is 6.61 Å². The summed E-state index contributed by atoms with van der Waals surface area (Å²) in [6.45, 7) is 0.920. The Morgan fingerprint density at radius 2 is 1.03 bits per heavy atom. The van der Waals surface area contributed by atoms with Crippen molar-refractivity contribution in [3.63, 3.8) is 0 Å². The van der Waals surface area contributed by atoms with Crippen LogP contribution < -0.4 is 39.9 Å². The van der Waals surface area contributed by atoms with Crippen molar-refractivity contribution >= 4 is 34.1 Å². The van der Waals surface area contributed by atoms with Crippen LogP contribution in [0.2, 0.25) is 0 Å². The van der Waals surface area contributed by atoms with E-state index in [2.05, 4.69) is 6.58 Å². The maximum atomic E-state index is 13.6. The molecule has 5 heteroatoms. The molecule has 0 amide bonds. The molecule has 0 bridgehead atoms. The van der Waals surface area contributed by atoms with Gasteiger partial charge in [-0.2, -0.15) is 0 Å². The summed E-state index contributed by atoms with van der Waals surface area (Å²) >= 11 is 0. The number of hydrogen-bond donors (Lipinski definition) is 0. The Labute approximate surface area is 212 Å². The largest absolute Gasteiger partial charge is 1.00 e. The molecule has 0 N–H and O–H groups in total. The standard InChI is InChI=1S/C29H25O3P.Li/c1-23(30)28(29(31)32-22-24-14-6-2-7-15-24)33(25-16-8-3-9-17-25,26-18-10-4-11-19-26)27-20-12-5-13-21-27;/h2-21,30H,1,22H2;/q;+1/p-1. The van der Waals surface area contributed by atoms with Crippen molar-refractivity contribution in [1.29, 1.82) is 0 Å². The quantitative estimate of drug-likeness (QED) is 0.178. The average Bonchev–Trinajstić information content (AvgIpc) is 2.88. The van der Waals surface area contributed by atoms with Gasteiger partial charge in [-0.05, 0) is 28.4 Å². The first-order valence-electron chi connectivity index (χ1n) is 10.6. The minimum Gasteiger partial charge on any atom is -0.872 e. The normalized spacial score (nSPS) is 10.6. The van der Waals surface area contributed by atoms with E-state index in [1.54, 1.807) is 0 Å². The number of rotatable bonds is 7. The number of esters is 1. The first-order valence-corrected chi connectivity index (χ1v) is 12.4. The van der Waals surface area contributed by atoms with E-state index < -0.39 is 18.6 Å². The molecule has 4 rings (SSSR count). The summed E-state index contributed by atoms with van der Waals surface area (Å²) in [5.41, 5.74) is 0.852. The van der Waals surface area contributed by atoms with E-state index in [4.69, 9.17) is 4.74 Å². The molecule has 4 aromatic carbocycles. The zero-order chi connectivity index (χ0) is 23.1. The third-order valence-electron chi connectivity index (χ3n) is 5.44. The zero-order valence-electron chi connectivity index (χ0n) is 19.1. The minimum absolute atomic E-state index is 0. The van der Waals surface area contributed by atoms with Crippen LogP contribution in [-0.2, 0) is 16.1 Å². The van der Waals surface area contributed by atoms with Crippen LogP contribution in [0.25, 0.3) is 0 Å². The van der Waals surface area contributed by atoms with Crippen LogP contribution in [0.5, 0.6) is 0 Å². The van der Waals surface area contributed by atoms with E-state index in [-0.39, 0.29) is 30.8 Å². The molecule has 0 radical (unpaired) electrons. The van der Waals surface area contributed by atoms with Gasteiger partial charge < -0.3 is 9.84 Å². The summed E-state index contributed by atoms with van der Waals surface area (Å²) in [7, 11) is 0. The SMILES string of the molecule is C=C([O-])C(C(=O)OCc1ccccc1)=P(c1ccccc1)(c1ccccc1)c1ccccc1.[Li+]. The molecule has 0 unspecified atom stereocenters. The second-order valence-electron chi connectivity index (χ2n) is 7.51. The monoisotopic (exact) mass is 458 g/mol. The molecule has 3 nitrogen and oxygen atoms in total. The number of carbonyl (C=O) groups excluding carboxylic acids is 1. The van der Waals surface area contributed by atoms with Gasteiger partial charge in [-0.25, -0.2) is 4.79 Å². The number of hydrogen-bond acceptors (Lipinski definition) is 3. The molecule has 0 fully saturated rings. The maximum Gasteiger partial charge on any atom is 1.00 e. The molecule has 0 aromatic heterocycles. The van der Waals surface area contributed by atoms with E-state index in [1.807, 2.05) is 121 Å². The van der Waals surface area contributed by atoms with E-state index >= 15 is 0 Å². The summed E-state index contributed by atoms with van der Waals surface area (Å²) in [5, 5.41) is 15.9. The van der Waals surface area contributed by atoms with Crippen molar-refractivity contribution < 1.29 is 33.5 Å². The van der Waals surface area contributed by atoms with Gasteiger partial charge in [0, 0.05) is 0 Å². The molecule has 4 aromatic rings. The Kier molecular flexibility index (Phi) is 8.80. The molecule has 0 atom stereocenters. The van der Waals surface area contributed by atoms with Gasteiger partial charge in [-0.3, -0.25) is 0 Å². The second kappa shape index (κ2) is 11.8. The number of carbonyl (C=O) groups is 1. The predicted octanol–water partition coefficient (Wildman–Crippen LogP) is 0.774. The molecule has 0 aliphatic heterocycles. The Hall–Kier alpha value is -3.21. The number of benzene rings is 4. The van der Waals surface area contributed by atoms with Crippen LogP contribution in [0.15, 0.2) is 134 Å². The summed E-state index contributed by atoms with van der Waals surface area (Å²) in [6.07, 6.45) is 0. The minimum atomic E-state index is -2.87. The molecule has 0 saturated carbocycles. The van der Waals surface area contributed by atoms with E-state index in [9.17, 15) is 9.90 Å². The summed E-state index contributed by atoms with van der Waals surface area (Å²) < 4.78 is 5.71. The fourth-order valence-electron chi connectivity index (χ4n) is 4.02. The topological polar surface area (TPSA) is 49.4 Å². The van der Waals surface area contributed by atoms with Crippen LogP contribution in [0.4, 0.5) is 0 Å². The summed E-state index contributed by atoms with van der Waals surface area (Å²) in [5.74, 6) is -1.17. The third kappa shape index (κ3) is 5.14. The zero-order valence-corrected chi connectivity index (χ0v) is 20.0. The van der Waals surface area contributed by atoms with Gasteiger partial charge in [0.05, 0.1) is 5.29 Å². The second-order valence-corrected chi connectivity index (χ2v) is 10.8. The van der Waals surface area contributed by atoms with Crippen molar-refractivity contribution in [2.24, 2.45) is 0 Å². The van der Waals surface area contributed by atoms with Crippen LogP contribution >= 0.6 is 6.89 Å². The van der Waals surface area contributed by atoms with Crippen molar-refractivity contribution in [3.8, 4) is 0 Å².